The standard InChI is InChI=1S/C11H23NO2S2/c1-3-12-11-9-15-8-10(11)6-5-7-16(13,14)4-2/h10-12H,3-9H2,1-2H3. The highest BCUT2D eigenvalue weighted by Gasteiger charge is 2.26. The molecular formula is C11H23NO2S2. The summed E-state index contributed by atoms with van der Waals surface area (Å²) in [6.45, 7) is 4.86. The van der Waals surface area contributed by atoms with E-state index in [9.17, 15) is 8.42 Å². The predicted molar refractivity (Wildman–Crippen MR) is 71.8 cm³/mol. The molecule has 1 N–H and O–H groups in total. The summed E-state index contributed by atoms with van der Waals surface area (Å²) in [5, 5.41) is 3.49. The van der Waals surface area contributed by atoms with Gasteiger partial charge in [-0.05, 0) is 31.1 Å². The van der Waals surface area contributed by atoms with Crippen LogP contribution in [-0.2, 0) is 9.84 Å². The molecule has 0 spiro atoms. The highest BCUT2D eigenvalue weighted by atomic mass is 32.2. The molecule has 1 aliphatic rings. The van der Waals surface area contributed by atoms with E-state index in [0.29, 0.717) is 17.7 Å². The monoisotopic (exact) mass is 265 g/mol. The molecule has 0 aromatic carbocycles. The Morgan fingerprint density at radius 3 is 2.69 bits per heavy atom. The summed E-state index contributed by atoms with van der Waals surface area (Å²) in [6, 6.07) is 0.597. The molecule has 2 unspecified atom stereocenters. The third-order valence-electron chi connectivity index (χ3n) is 3.13. The molecule has 2 atom stereocenters. The van der Waals surface area contributed by atoms with Gasteiger partial charge in [0.25, 0.3) is 0 Å². The quantitative estimate of drug-likeness (QED) is 0.758. The average molecular weight is 265 g/mol. The van der Waals surface area contributed by atoms with E-state index in [1.54, 1.807) is 6.92 Å². The van der Waals surface area contributed by atoms with Crippen LogP contribution in [-0.4, -0.2) is 44.0 Å². The first-order valence-corrected chi connectivity index (χ1v) is 9.08. The van der Waals surface area contributed by atoms with Crippen LogP contribution in [0, 0.1) is 5.92 Å². The molecule has 0 radical (unpaired) electrons. The molecule has 0 amide bonds. The van der Waals surface area contributed by atoms with Crippen molar-refractivity contribution in [2.24, 2.45) is 5.92 Å². The van der Waals surface area contributed by atoms with Crippen molar-refractivity contribution in [3.63, 3.8) is 0 Å². The minimum Gasteiger partial charge on any atom is -0.313 e. The van der Waals surface area contributed by atoms with E-state index < -0.39 is 9.84 Å². The normalized spacial score (nSPS) is 26.1. The first-order chi connectivity index (χ1) is 7.59. The maximum atomic E-state index is 11.4. The van der Waals surface area contributed by atoms with Gasteiger partial charge in [0.1, 0.15) is 9.84 Å². The van der Waals surface area contributed by atoms with E-state index in [-0.39, 0.29) is 5.75 Å². The number of rotatable bonds is 7. The molecule has 0 bridgehead atoms. The van der Waals surface area contributed by atoms with Crippen LogP contribution in [0.4, 0.5) is 0 Å². The third kappa shape index (κ3) is 4.63. The molecule has 0 aromatic heterocycles. The molecule has 1 saturated heterocycles. The molecule has 3 nitrogen and oxygen atoms in total. The third-order valence-corrected chi connectivity index (χ3v) is 6.18. The summed E-state index contributed by atoms with van der Waals surface area (Å²) in [7, 11) is -2.77. The first kappa shape index (κ1) is 14.3. The smallest absolute Gasteiger partial charge is 0.150 e. The lowest BCUT2D eigenvalue weighted by atomic mass is 9.98. The average Bonchev–Trinajstić information content (AvgIpc) is 2.66. The molecular weight excluding hydrogens is 242 g/mol. The lowest BCUT2D eigenvalue weighted by Crippen LogP contribution is -2.35. The van der Waals surface area contributed by atoms with Gasteiger partial charge in [0.15, 0.2) is 0 Å². The molecule has 0 aliphatic carbocycles. The molecule has 1 rings (SSSR count). The molecule has 5 heteroatoms. The fraction of sp³-hybridized carbons (Fsp3) is 1.00. The molecule has 1 aliphatic heterocycles. The van der Waals surface area contributed by atoms with E-state index in [1.807, 2.05) is 11.8 Å². The molecule has 96 valence electrons. The summed E-state index contributed by atoms with van der Waals surface area (Å²) >= 11 is 1.98. The summed E-state index contributed by atoms with van der Waals surface area (Å²) in [5.41, 5.74) is 0. The van der Waals surface area contributed by atoms with Crippen LogP contribution in [0.2, 0.25) is 0 Å². The summed E-state index contributed by atoms with van der Waals surface area (Å²) in [5.74, 6) is 3.67. The van der Waals surface area contributed by atoms with E-state index in [0.717, 1.165) is 19.4 Å². The van der Waals surface area contributed by atoms with Gasteiger partial charge in [0, 0.05) is 17.5 Å². The van der Waals surface area contributed by atoms with E-state index >= 15 is 0 Å². The van der Waals surface area contributed by atoms with Crippen LogP contribution in [0.25, 0.3) is 0 Å². The Balaban J connectivity index is 2.27. The fourth-order valence-corrected chi connectivity index (χ4v) is 4.46. The lowest BCUT2D eigenvalue weighted by Gasteiger charge is -2.19. The van der Waals surface area contributed by atoms with Crippen molar-refractivity contribution in [3.8, 4) is 0 Å². The zero-order valence-corrected chi connectivity index (χ0v) is 11.9. The lowest BCUT2D eigenvalue weighted by molar-refractivity contribution is 0.408. The van der Waals surface area contributed by atoms with Gasteiger partial charge in [0.2, 0.25) is 0 Å². The van der Waals surface area contributed by atoms with Crippen LogP contribution >= 0.6 is 11.8 Å². The first-order valence-electron chi connectivity index (χ1n) is 6.10. The maximum Gasteiger partial charge on any atom is 0.150 e. The number of thioether (sulfide) groups is 1. The Morgan fingerprint density at radius 2 is 2.06 bits per heavy atom. The van der Waals surface area contributed by atoms with Gasteiger partial charge in [0.05, 0.1) is 5.75 Å². The minimum atomic E-state index is -2.77. The second kappa shape index (κ2) is 6.87. The Morgan fingerprint density at radius 1 is 1.31 bits per heavy atom. The molecule has 16 heavy (non-hydrogen) atoms. The van der Waals surface area contributed by atoms with Gasteiger partial charge in [-0.15, -0.1) is 0 Å². The summed E-state index contributed by atoms with van der Waals surface area (Å²) in [4.78, 5) is 0. The van der Waals surface area contributed by atoms with Crippen molar-refractivity contribution in [2.75, 3.05) is 29.6 Å². The van der Waals surface area contributed by atoms with Crippen LogP contribution in [0.15, 0.2) is 0 Å². The van der Waals surface area contributed by atoms with Gasteiger partial charge in [-0.1, -0.05) is 13.8 Å². The zero-order valence-electron chi connectivity index (χ0n) is 10.2. The SMILES string of the molecule is CCNC1CSCC1CCCS(=O)(=O)CC. The predicted octanol–water partition coefficient (Wildman–Crippen LogP) is 1.54. The fourth-order valence-electron chi connectivity index (χ4n) is 2.08. The Kier molecular flexibility index (Phi) is 6.15. The number of nitrogens with one attached hydrogen (secondary N) is 1. The summed E-state index contributed by atoms with van der Waals surface area (Å²) < 4.78 is 22.7. The number of hydrogen-bond donors (Lipinski definition) is 1. The van der Waals surface area contributed by atoms with E-state index in [1.165, 1.54) is 11.5 Å². The van der Waals surface area contributed by atoms with E-state index in [4.69, 9.17) is 0 Å². The Labute approximate surface area is 104 Å². The van der Waals surface area contributed by atoms with Gasteiger partial charge < -0.3 is 5.32 Å². The molecule has 0 saturated carbocycles. The van der Waals surface area contributed by atoms with Crippen molar-refractivity contribution < 1.29 is 8.42 Å². The highest BCUT2D eigenvalue weighted by Crippen LogP contribution is 2.27. The van der Waals surface area contributed by atoms with Crippen LogP contribution in [0.5, 0.6) is 0 Å². The maximum absolute atomic E-state index is 11.4. The van der Waals surface area contributed by atoms with Crippen LogP contribution < -0.4 is 5.32 Å². The zero-order chi connectivity index (χ0) is 12.0. The van der Waals surface area contributed by atoms with Gasteiger partial charge in [-0.2, -0.15) is 11.8 Å². The van der Waals surface area contributed by atoms with Gasteiger partial charge >= 0.3 is 0 Å². The van der Waals surface area contributed by atoms with Crippen molar-refractivity contribution in [3.05, 3.63) is 0 Å². The largest absolute Gasteiger partial charge is 0.313 e. The van der Waals surface area contributed by atoms with Crippen LogP contribution in [0.1, 0.15) is 26.7 Å². The Hall–Kier alpha value is 0.260. The molecule has 0 aromatic rings. The second-order valence-electron chi connectivity index (χ2n) is 4.34. The van der Waals surface area contributed by atoms with E-state index in [2.05, 4.69) is 12.2 Å². The van der Waals surface area contributed by atoms with Crippen molar-refractivity contribution in [1.82, 2.24) is 5.32 Å². The van der Waals surface area contributed by atoms with Crippen LogP contribution in [0.3, 0.4) is 0 Å². The molecule has 1 heterocycles. The topological polar surface area (TPSA) is 46.2 Å². The number of sulfone groups is 1. The van der Waals surface area contributed by atoms with Gasteiger partial charge in [-0.3, -0.25) is 0 Å². The van der Waals surface area contributed by atoms with Crippen molar-refractivity contribution in [1.29, 1.82) is 0 Å². The van der Waals surface area contributed by atoms with Crippen molar-refractivity contribution in [2.45, 2.75) is 32.7 Å². The summed E-state index contributed by atoms with van der Waals surface area (Å²) in [6.07, 6.45) is 1.87. The Bertz CT molecular complexity index is 290. The second-order valence-corrected chi connectivity index (χ2v) is 7.89. The molecule has 1 fully saturated rings. The highest BCUT2D eigenvalue weighted by molar-refractivity contribution is 7.99. The number of hydrogen-bond acceptors (Lipinski definition) is 4. The minimum absolute atomic E-state index is 0.281. The van der Waals surface area contributed by atoms with Crippen molar-refractivity contribution >= 4 is 21.6 Å². The van der Waals surface area contributed by atoms with Gasteiger partial charge in [-0.25, -0.2) is 8.42 Å².